The minimum atomic E-state index is 0.0641. The zero-order valence-corrected chi connectivity index (χ0v) is 9.71. The molecule has 15 heavy (non-hydrogen) atoms. The molecular weight excluding hydrogens is 254 g/mol. The second-order valence-electron chi connectivity index (χ2n) is 2.89. The third-order valence-electron chi connectivity index (χ3n) is 1.84. The number of alkyl halides is 1. The Morgan fingerprint density at radius 3 is 2.80 bits per heavy atom. The molecule has 0 fully saturated rings. The first kappa shape index (κ1) is 11.8. The van der Waals surface area contributed by atoms with Crippen molar-refractivity contribution in [1.29, 1.82) is 5.26 Å². The molecule has 1 aromatic rings. The van der Waals surface area contributed by atoms with Gasteiger partial charge in [0.1, 0.15) is 0 Å². The fourth-order valence-electron chi connectivity index (χ4n) is 1.09. The van der Waals surface area contributed by atoms with Gasteiger partial charge >= 0.3 is 0 Å². The summed E-state index contributed by atoms with van der Waals surface area (Å²) in [6.07, 6.45) is 0.457. The average molecular weight is 264 g/mol. The highest BCUT2D eigenvalue weighted by Crippen LogP contribution is 2.13. The van der Waals surface area contributed by atoms with Gasteiger partial charge in [-0.1, -0.05) is 33.8 Å². The SMILES string of the molecule is N#Cc1ccc(CBr)c(C#CCCO)c1. The average Bonchev–Trinajstić information content (AvgIpc) is 2.29. The number of aliphatic hydroxyl groups excluding tert-OH is 1. The summed E-state index contributed by atoms with van der Waals surface area (Å²) in [5, 5.41) is 18.1. The fourth-order valence-corrected chi connectivity index (χ4v) is 1.58. The van der Waals surface area contributed by atoms with Crippen LogP contribution in [0.4, 0.5) is 0 Å². The quantitative estimate of drug-likeness (QED) is 0.657. The van der Waals surface area contributed by atoms with E-state index in [1.165, 1.54) is 0 Å². The third-order valence-corrected chi connectivity index (χ3v) is 2.45. The highest BCUT2D eigenvalue weighted by molar-refractivity contribution is 9.08. The molecule has 0 aliphatic rings. The molecule has 0 atom stereocenters. The third kappa shape index (κ3) is 3.40. The molecule has 0 heterocycles. The highest BCUT2D eigenvalue weighted by Gasteiger charge is 1.99. The number of aliphatic hydroxyl groups is 1. The Morgan fingerprint density at radius 2 is 2.20 bits per heavy atom. The Kier molecular flexibility index (Phi) is 4.90. The topological polar surface area (TPSA) is 44.0 Å². The molecule has 0 bridgehead atoms. The Bertz CT molecular complexity index is 437. The molecule has 0 aromatic heterocycles. The van der Waals surface area contributed by atoms with Gasteiger partial charge in [0.2, 0.25) is 0 Å². The summed E-state index contributed by atoms with van der Waals surface area (Å²) in [6.45, 7) is 0.0641. The van der Waals surface area contributed by atoms with Crippen molar-refractivity contribution in [1.82, 2.24) is 0 Å². The number of nitrogens with zero attached hydrogens (tertiary/aromatic N) is 1. The van der Waals surface area contributed by atoms with Crippen molar-refractivity contribution < 1.29 is 5.11 Å². The molecule has 1 rings (SSSR count). The first-order valence-electron chi connectivity index (χ1n) is 4.50. The van der Waals surface area contributed by atoms with E-state index in [0.29, 0.717) is 17.3 Å². The van der Waals surface area contributed by atoms with Crippen LogP contribution in [0.15, 0.2) is 18.2 Å². The normalized spacial score (nSPS) is 8.87. The van der Waals surface area contributed by atoms with Gasteiger partial charge < -0.3 is 5.11 Å². The van der Waals surface area contributed by atoms with Gasteiger partial charge in [0.25, 0.3) is 0 Å². The van der Waals surface area contributed by atoms with Gasteiger partial charge in [0, 0.05) is 17.3 Å². The van der Waals surface area contributed by atoms with Crippen LogP contribution in [-0.4, -0.2) is 11.7 Å². The van der Waals surface area contributed by atoms with Crippen LogP contribution in [0.3, 0.4) is 0 Å². The minimum Gasteiger partial charge on any atom is -0.395 e. The first-order chi connectivity index (χ1) is 7.31. The maximum Gasteiger partial charge on any atom is 0.0992 e. The van der Waals surface area contributed by atoms with Crippen LogP contribution < -0.4 is 0 Å². The number of hydrogen-bond acceptors (Lipinski definition) is 2. The molecule has 0 amide bonds. The maximum absolute atomic E-state index is 8.75. The summed E-state index contributed by atoms with van der Waals surface area (Å²) in [4.78, 5) is 0. The second-order valence-corrected chi connectivity index (χ2v) is 3.45. The van der Waals surface area contributed by atoms with Gasteiger partial charge in [-0.15, -0.1) is 0 Å². The predicted molar refractivity (Wildman–Crippen MR) is 62.4 cm³/mol. The number of rotatable bonds is 2. The van der Waals surface area contributed by atoms with Crippen molar-refractivity contribution in [3.05, 3.63) is 34.9 Å². The Balaban J connectivity index is 3.04. The van der Waals surface area contributed by atoms with Gasteiger partial charge in [-0.3, -0.25) is 0 Å². The van der Waals surface area contributed by atoms with Crippen molar-refractivity contribution >= 4 is 15.9 Å². The number of hydrogen-bond donors (Lipinski definition) is 1. The monoisotopic (exact) mass is 263 g/mol. The first-order valence-corrected chi connectivity index (χ1v) is 5.62. The van der Waals surface area contributed by atoms with Gasteiger partial charge in [0.15, 0.2) is 0 Å². The van der Waals surface area contributed by atoms with Gasteiger partial charge in [-0.2, -0.15) is 5.26 Å². The van der Waals surface area contributed by atoms with Crippen molar-refractivity contribution in [2.45, 2.75) is 11.8 Å². The van der Waals surface area contributed by atoms with Crippen molar-refractivity contribution in [2.24, 2.45) is 0 Å². The molecule has 76 valence electrons. The van der Waals surface area contributed by atoms with E-state index in [-0.39, 0.29) is 6.61 Å². The number of benzene rings is 1. The lowest BCUT2D eigenvalue weighted by atomic mass is 10.1. The molecule has 0 spiro atoms. The summed E-state index contributed by atoms with van der Waals surface area (Å²) < 4.78 is 0. The molecule has 0 saturated carbocycles. The zero-order chi connectivity index (χ0) is 11.1. The standard InChI is InChI=1S/C12H10BrNO/c13-8-12-5-4-10(9-14)7-11(12)3-1-2-6-15/h4-5,7,15H,2,6,8H2. The Morgan fingerprint density at radius 1 is 1.40 bits per heavy atom. The van der Waals surface area contributed by atoms with Crippen LogP contribution in [0.5, 0.6) is 0 Å². The van der Waals surface area contributed by atoms with E-state index in [1.54, 1.807) is 12.1 Å². The molecule has 0 radical (unpaired) electrons. The molecule has 1 N–H and O–H groups in total. The molecule has 0 unspecified atom stereocenters. The fraction of sp³-hybridized carbons (Fsp3) is 0.250. The number of nitriles is 1. The second kappa shape index (κ2) is 6.24. The lowest BCUT2D eigenvalue weighted by Crippen LogP contribution is -1.88. The van der Waals surface area contributed by atoms with Crippen LogP contribution in [0.2, 0.25) is 0 Å². The summed E-state index contributed by atoms with van der Waals surface area (Å²) >= 11 is 3.36. The van der Waals surface area contributed by atoms with E-state index in [0.717, 1.165) is 11.1 Å². The van der Waals surface area contributed by atoms with Crippen LogP contribution in [0, 0.1) is 23.2 Å². The molecule has 0 saturated heterocycles. The summed E-state index contributed by atoms with van der Waals surface area (Å²) in [5.41, 5.74) is 2.51. The predicted octanol–water partition coefficient (Wildman–Crippen LogP) is 2.19. The van der Waals surface area contributed by atoms with Crippen molar-refractivity contribution in [3.63, 3.8) is 0 Å². The lowest BCUT2D eigenvalue weighted by Gasteiger charge is -2.00. The number of halogens is 1. The van der Waals surface area contributed by atoms with Gasteiger partial charge in [-0.05, 0) is 17.7 Å². The Hall–Kier alpha value is -1.29. The smallest absolute Gasteiger partial charge is 0.0992 e. The van der Waals surface area contributed by atoms with Crippen LogP contribution in [0.1, 0.15) is 23.1 Å². The van der Waals surface area contributed by atoms with E-state index in [1.807, 2.05) is 6.07 Å². The molecule has 1 aromatic carbocycles. The summed E-state index contributed by atoms with van der Waals surface area (Å²) in [6, 6.07) is 7.50. The van der Waals surface area contributed by atoms with Crippen LogP contribution in [0.25, 0.3) is 0 Å². The van der Waals surface area contributed by atoms with Crippen molar-refractivity contribution in [2.75, 3.05) is 6.61 Å². The maximum atomic E-state index is 8.75. The van der Waals surface area contributed by atoms with E-state index < -0.39 is 0 Å². The zero-order valence-electron chi connectivity index (χ0n) is 8.13. The largest absolute Gasteiger partial charge is 0.395 e. The van der Waals surface area contributed by atoms with Gasteiger partial charge in [0.05, 0.1) is 18.2 Å². The summed E-state index contributed by atoms with van der Waals surface area (Å²) in [5.74, 6) is 5.80. The van der Waals surface area contributed by atoms with Crippen molar-refractivity contribution in [3.8, 4) is 17.9 Å². The molecule has 0 aliphatic carbocycles. The minimum absolute atomic E-state index is 0.0641. The van der Waals surface area contributed by atoms with E-state index in [2.05, 4.69) is 33.8 Å². The molecular formula is C12H10BrNO. The lowest BCUT2D eigenvalue weighted by molar-refractivity contribution is 0.305. The summed E-state index contributed by atoms with van der Waals surface area (Å²) in [7, 11) is 0. The van der Waals surface area contributed by atoms with Gasteiger partial charge in [-0.25, -0.2) is 0 Å². The van der Waals surface area contributed by atoms with Crippen LogP contribution >= 0.6 is 15.9 Å². The highest BCUT2D eigenvalue weighted by atomic mass is 79.9. The molecule has 0 aliphatic heterocycles. The molecule has 3 heteroatoms. The molecule has 2 nitrogen and oxygen atoms in total. The van der Waals surface area contributed by atoms with Crippen LogP contribution in [-0.2, 0) is 5.33 Å². The van der Waals surface area contributed by atoms with E-state index in [4.69, 9.17) is 10.4 Å². The van der Waals surface area contributed by atoms with E-state index in [9.17, 15) is 0 Å². The Labute approximate surface area is 97.7 Å². The van der Waals surface area contributed by atoms with E-state index >= 15 is 0 Å².